The number of amides is 3. The molecule has 6 rings (SSSR count). The van der Waals surface area contributed by atoms with Crippen molar-refractivity contribution in [2.75, 3.05) is 26.8 Å². The summed E-state index contributed by atoms with van der Waals surface area (Å²) in [5, 5.41) is 1.12. The maximum absolute atomic E-state index is 13.1. The van der Waals surface area contributed by atoms with E-state index in [0.717, 1.165) is 47.0 Å². The predicted molar refractivity (Wildman–Crippen MR) is 133 cm³/mol. The Balaban J connectivity index is 1.27. The standard InChI is InChI=1S/C28H29N3O5/c1-29-27(33)26-25-21(13-14-30(26)28(29)34)20-6-2-3-7-22(20)31(25)16-18-9-11-19(12-10-18)23(32)17-36-24-8-4-5-15-35-24/h2-3,6-7,9-12,24,26H,4-5,8,13-17H2,1H3. The number of Topliss-reactive ketones (excluding diaryl/α,β-unsaturated/α-hetero) is 1. The maximum Gasteiger partial charge on any atom is 0.327 e. The van der Waals surface area contributed by atoms with E-state index in [0.29, 0.717) is 31.7 Å². The molecule has 0 aliphatic carbocycles. The molecule has 0 N–H and O–H groups in total. The van der Waals surface area contributed by atoms with E-state index < -0.39 is 6.04 Å². The van der Waals surface area contributed by atoms with E-state index in [4.69, 9.17) is 9.47 Å². The molecular formula is C28H29N3O5. The number of likely N-dealkylation sites (N-methyl/N-ethyl adjacent to an activating group) is 1. The number of imide groups is 1. The van der Waals surface area contributed by atoms with Crippen molar-refractivity contribution in [3.8, 4) is 0 Å². The molecule has 8 heteroatoms. The fourth-order valence-electron chi connectivity index (χ4n) is 5.65. The molecule has 0 bridgehead atoms. The van der Waals surface area contributed by atoms with Crippen LogP contribution in [0, 0.1) is 0 Å². The van der Waals surface area contributed by atoms with E-state index in [1.54, 1.807) is 11.9 Å². The van der Waals surface area contributed by atoms with Crippen LogP contribution in [0.3, 0.4) is 0 Å². The van der Waals surface area contributed by atoms with E-state index in [1.807, 2.05) is 36.4 Å². The number of para-hydroxylation sites is 1. The van der Waals surface area contributed by atoms with Gasteiger partial charge in [0.2, 0.25) is 0 Å². The number of hydrogen-bond acceptors (Lipinski definition) is 5. The minimum absolute atomic E-state index is 0.000925. The molecule has 0 spiro atoms. The summed E-state index contributed by atoms with van der Waals surface area (Å²) in [4.78, 5) is 41.3. The Morgan fingerprint density at radius 3 is 2.67 bits per heavy atom. The fraction of sp³-hybridized carbons (Fsp3) is 0.393. The molecule has 36 heavy (non-hydrogen) atoms. The third-order valence-corrected chi connectivity index (χ3v) is 7.55. The highest BCUT2D eigenvalue weighted by molar-refractivity contribution is 6.05. The average Bonchev–Trinajstić information content (AvgIpc) is 3.35. The molecular weight excluding hydrogens is 458 g/mol. The van der Waals surface area contributed by atoms with Crippen LogP contribution >= 0.6 is 0 Å². The number of ketones is 1. The molecule has 2 unspecified atom stereocenters. The lowest BCUT2D eigenvalue weighted by atomic mass is 9.98. The Labute approximate surface area is 209 Å². The second-order valence-electron chi connectivity index (χ2n) is 9.72. The number of rotatable bonds is 6. The first-order valence-electron chi connectivity index (χ1n) is 12.6. The van der Waals surface area contributed by atoms with Gasteiger partial charge in [0.25, 0.3) is 5.91 Å². The van der Waals surface area contributed by atoms with Crippen molar-refractivity contribution >= 4 is 28.6 Å². The SMILES string of the molecule is CN1C(=O)C2c3c(c4ccccc4n3Cc3ccc(C(=O)COC4CCCCO4)cc3)CCN2C1=O. The van der Waals surface area contributed by atoms with Crippen molar-refractivity contribution in [1.29, 1.82) is 0 Å². The molecule has 186 valence electrons. The van der Waals surface area contributed by atoms with E-state index in [1.165, 1.54) is 4.90 Å². The van der Waals surface area contributed by atoms with Crippen LogP contribution in [0.4, 0.5) is 4.79 Å². The van der Waals surface area contributed by atoms with Gasteiger partial charge >= 0.3 is 6.03 Å². The molecule has 0 saturated carbocycles. The highest BCUT2D eigenvalue weighted by Crippen LogP contribution is 2.41. The van der Waals surface area contributed by atoms with Crippen molar-refractivity contribution in [2.45, 2.75) is 44.6 Å². The summed E-state index contributed by atoms with van der Waals surface area (Å²) in [6.45, 7) is 1.75. The van der Waals surface area contributed by atoms with Gasteiger partial charge in [-0.25, -0.2) is 4.79 Å². The zero-order valence-corrected chi connectivity index (χ0v) is 20.3. The molecule has 3 aromatic rings. The van der Waals surface area contributed by atoms with Crippen LogP contribution in [0.25, 0.3) is 10.9 Å². The average molecular weight is 488 g/mol. The number of nitrogens with zero attached hydrogens (tertiary/aromatic N) is 3. The van der Waals surface area contributed by atoms with E-state index in [-0.39, 0.29) is 30.6 Å². The van der Waals surface area contributed by atoms with Gasteiger partial charge in [-0.05, 0) is 42.9 Å². The lowest BCUT2D eigenvalue weighted by Crippen LogP contribution is -2.36. The number of fused-ring (bicyclic) bond motifs is 5. The van der Waals surface area contributed by atoms with Gasteiger partial charge in [0.1, 0.15) is 6.61 Å². The second-order valence-corrected chi connectivity index (χ2v) is 9.72. The number of ether oxygens (including phenoxy) is 2. The van der Waals surface area contributed by atoms with Gasteiger partial charge in [-0.3, -0.25) is 14.5 Å². The van der Waals surface area contributed by atoms with Gasteiger partial charge in [0.15, 0.2) is 18.1 Å². The summed E-state index contributed by atoms with van der Waals surface area (Å²) in [5.74, 6) is -0.263. The molecule has 2 atom stereocenters. The summed E-state index contributed by atoms with van der Waals surface area (Å²) in [6, 6.07) is 14.8. The molecule has 1 aromatic heterocycles. The monoisotopic (exact) mass is 487 g/mol. The molecule has 3 amide bonds. The summed E-state index contributed by atoms with van der Waals surface area (Å²) >= 11 is 0. The van der Waals surface area contributed by atoms with Gasteiger partial charge in [0, 0.05) is 43.2 Å². The van der Waals surface area contributed by atoms with Crippen LogP contribution in [0.5, 0.6) is 0 Å². The number of hydrogen-bond donors (Lipinski definition) is 0. The molecule has 2 fully saturated rings. The van der Waals surface area contributed by atoms with Gasteiger partial charge in [0.05, 0.1) is 5.69 Å². The highest BCUT2D eigenvalue weighted by Gasteiger charge is 2.48. The quantitative estimate of drug-likeness (QED) is 0.389. The highest BCUT2D eigenvalue weighted by atomic mass is 16.7. The van der Waals surface area contributed by atoms with E-state index in [2.05, 4.69) is 16.7 Å². The third kappa shape index (κ3) is 3.81. The Morgan fingerprint density at radius 1 is 1.08 bits per heavy atom. The third-order valence-electron chi connectivity index (χ3n) is 7.55. The lowest BCUT2D eigenvalue weighted by molar-refractivity contribution is -0.155. The van der Waals surface area contributed by atoms with Crippen molar-refractivity contribution in [1.82, 2.24) is 14.4 Å². The number of benzene rings is 2. The maximum atomic E-state index is 13.1. The molecule has 3 aliphatic heterocycles. The first kappa shape index (κ1) is 22.9. The zero-order chi connectivity index (χ0) is 24.8. The number of carbonyl (C=O) groups is 3. The first-order valence-corrected chi connectivity index (χ1v) is 12.6. The smallest absolute Gasteiger partial charge is 0.327 e. The molecule has 4 heterocycles. The van der Waals surface area contributed by atoms with E-state index >= 15 is 0 Å². The Kier molecular flexibility index (Phi) is 5.85. The van der Waals surface area contributed by atoms with Crippen LogP contribution in [0.15, 0.2) is 48.5 Å². The van der Waals surface area contributed by atoms with Gasteiger partial charge < -0.3 is 18.9 Å². The van der Waals surface area contributed by atoms with Crippen LogP contribution in [-0.2, 0) is 27.2 Å². The van der Waals surface area contributed by atoms with Crippen LogP contribution in [0.1, 0.15) is 52.5 Å². The number of aromatic nitrogens is 1. The summed E-state index contributed by atoms with van der Waals surface area (Å²) < 4.78 is 13.4. The van der Waals surface area contributed by atoms with Gasteiger partial charge in [-0.1, -0.05) is 42.5 Å². The summed E-state index contributed by atoms with van der Waals surface area (Å²) in [6.07, 6.45) is 3.34. The largest absolute Gasteiger partial charge is 0.353 e. The van der Waals surface area contributed by atoms with Crippen LogP contribution < -0.4 is 0 Å². The van der Waals surface area contributed by atoms with Crippen molar-refractivity contribution < 1.29 is 23.9 Å². The van der Waals surface area contributed by atoms with Crippen LogP contribution in [0.2, 0.25) is 0 Å². The second kappa shape index (κ2) is 9.19. The van der Waals surface area contributed by atoms with Crippen LogP contribution in [-0.4, -0.2) is 65.2 Å². The molecule has 2 saturated heterocycles. The number of urea groups is 1. The minimum atomic E-state index is -0.598. The Bertz CT molecular complexity index is 1340. The van der Waals surface area contributed by atoms with Gasteiger partial charge in [-0.2, -0.15) is 0 Å². The van der Waals surface area contributed by atoms with Gasteiger partial charge in [-0.15, -0.1) is 0 Å². The summed E-state index contributed by atoms with van der Waals surface area (Å²) in [5.41, 5.74) is 4.68. The molecule has 0 radical (unpaired) electrons. The number of carbonyl (C=O) groups excluding carboxylic acids is 3. The molecule has 8 nitrogen and oxygen atoms in total. The lowest BCUT2D eigenvalue weighted by Gasteiger charge is -2.29. The Hall–Kier alpha value is -3.49. The summed E-state index contributed by atoms with van der Waals surface area (Å²) in [7, 11) is 1.55. The minimum Gasteiger partial charge on any atom is -0.353 e. The predicted octanol–water partition coefficient (Wildman–Crippen LogP) is 3.91. The Morgan fingerprint density at radius 2 is 1.89 bits per heavy atom. The van der Waals surface area contributed by atoms with E-state index in [9.17, 15) is 14.4 Å². The fourth-order valence-corrected chi connectivity index (χ4v) is 5.65. The molecule has 2 aromatic carbocycles. The topological polar surface area (TPSA) is 81.1 Å². The first-order chi connectivity index (χ1) is 17.5. The molecule has 3 aliphatic rings. The van der Waals surface area contributed by atoms with Crippen molar-refractivity contribution in [3.63, 3.8) is 0 Å². The zero-order valence-electron chi connectivity index (χ0n) is 20.3. The van der Waals surface area contributed by atoms with Crippen molar-refractivity contribution in [3.05, 3.63) is 70.9 Å². The normalized spacial score (nSPS) is 21.7. The van der Waals surface area contributed by atoms with Crippen molar-refractivity contribution in [2.24, 2.45) is 0 Å².